The zero-order chi connectivity index (χ0) is 18.9. The van der Waals surface area contributed by atoms with Crippen LogP contribution in [0.3, 0.4) is 0 Å². The fraction of sp³-hybridized carbons (Fsp3) is 0.125. The molecule has 3 aromatic rings. The Labute approximate surface area is 160 Å². The van der Waals surface area contributed by atoms with Gasteiger partial charge in [0.25, 0.3) is 0 Å². The van der Waals surface area contributed by atoms with Crippen molar-refractivity contribution < 1.29 is 9.53 Å². The smallest absolute Gasteiger partial charge is 0.327 e. The van der Waals surface area contributed by atoms with Crippen molar-refractivity contribution in [1.82, 2.24) is 5.32 Å². The molecule has 3 heteroatoms. The summed E-state index contributed by atoms with van der Waals surface area (Å²) in [6, 6.07) is 29.1. The highest BCUT2D eigenvalue weighted by Gasteiger charge is 2.24. The third-order valence-corrected chi connectivity index (χ3v) is 4.36. The molecule has 0 aromatic heterocycles. The highest BCUT2D eigenvalue weighted by Crippen LogP contribution is 2.23. The first-order chi connectivity index (χ1) is 13.3. The van der Waals surface area contributed by atoms with Crippen molar-refractivity contribution in [3.8, 4) is 0 Å². The van der Waals surface area contributed by atoms with Gasteiger partial charge in [-0.3, -0.25) is 5.32 Å². The number of carbonyl (C=O) groups excluding carboxylic acids is 1. The summed E-state index contributed by atoms with van der Waals surface area (Å²) < 4.78 is 5.04. The Kier molecular flexibility index (Phi) is 6.55. The number of esters is 1. The van der Waals surface area contributed by atoms with E-state index in [1.807, 2.05) is 91.0 Å². The largest absolute Gasteiger partial charge is 0.468 e. The molecule has 0 bridgehead atoms. The van der Waals surface area contributed by atoms with Crippen molar-refractivity contribution in [1.29, 1.82) is 0 Å². The van der Waals surface area contributed by atoms with Crippen LogP contribution >= 0.6 is 0 Å². The number of methoxy groups -OCH3 is 1. The van der Waals surface area contributed by atoms with E-state index in [9.17, 15) is 4.79 Å². The van der Waals surface area contributed by atoms with Crippen molar-refractivity contribution >= 4 is 12.0 Å². The number of benzene rings is 3. The van der Waals surface area contributed by atoms with Crippen LogP contribution in [-0.4, -0.2) is 13.1 Å². The molecular formula is C24H23NO2. The Balaban J connectivity index is 1.91. The van der Waals surface area contributed by atoms with Crippen molar-refractivity contribution in [2.24, 2.45) is 0 Å². The molecule has 0 aliphatic rings. The quantitative estimate of drug-likeness (QED) is 0.608. The third kappa shape index (κ3) is 5.16. The van der Waals surface area contributed by atoms with E-state index < -0.39 is 6.04 Å². The molecule has 0 saturated carbocycles. The second kappa shape index (κ2) is 9.51. The van der Waals surface area contributed by atoms with Gasteiger partial charge >= 0.3 is 5.97 Å². The molecular weight excluding hydrogens is 334 g/mol. The topological polar surface area (TPSA) is 38.3 Å². The Bertz CT molecular complexity index is 861. The number of rotatable bonds is 7. The summed E-state index contributed by atoms with van der Waals surface area (Å²) in [4.78, 5) is 12.4. The van der Waals surface area contributed by atoms with Crippen molar-refractivity contribution in [3.05, 3.63) is 114 Å². The molecule has 0 heterocycles. The van der Waals surface area contributed by atoms with Crippen LogP contribution < -0.4 is 5.32 Å². The molecule has 3 aromatic carbocycles. The summed E-state index contributed by atoms with van der Waals surface area (Å²) in [5.74, 6) is -0.310. The van der Waals surface area contributed by atoms with E-state index >= 15 is 0 Å². The van der Waals surface area contributed by atoms with Gasteiger partial charge in [-0.15, -0.1) is 0 Å². The minimum atomic E-state index is -0.554. The summed E-state index contributed by atoms with van der Waals surface area (Å²) in [6.45, 7) is 0. The molecule has 0 aliphatic carbocycles. The third-order valence-electron chi connectivity index (χ3n) is 4.36. The lowest BCUT2D eigenvalue weighted by atomic mass is 10.0. The monoisotopic (exact) mass is 357 g/mol. The first kappa shape index (κ1) is 18.6. The molecule has 136 valence electrons. The molecule has 0 fully saturated rings. The van der Waals surface area contributed by atoms with E-state index in [-0.39, 0.29) is 12.0 Å². The van der Waals surface area contributed by atoms with Crippen LogP contribution in [0.4, 0.5) is 0 Å². The van der Waals surface area contributed by atoms with Gasteiger partial charge < -0.3 is 4.74 Å². The van der Waals surface area contributed by atoms with Gasteiger partial charge in [-0.05, 0) is 16.7 Å². The van der Waals surface area contributed by atoms with Crippen molar-refractivity contribution in [3.63, 3.8) is 0 Å². The summed E-state index contributed by atoms with van der Waals surface area (Å²) in [5.41, 5.74) is 3.06. The zero-order valence-corrected chi connectivity index (χ0v) is 15.3. The van der Waals surface area contributed by atoms with E-state index in [4.69, 9.17) is 4.74 Å². The SMILES string of the molecule is COC(=O)[C@H](N[C@H](/C=C/c1ccccc1)c1ccccc1)c1ccccc1. The van der Waals surface area contributed by atoms with E-state index in [1.165, 1.54) is 7.11 Å². The number of hydrogen-bond acceptors (Lipinski definition) is 3. The van der Waals surface area contributed by atoms with Crippen LogP contribution in [0, 0.1) is 0 Å². The molecule has 0 aliphatic heterocycles. The predicted molar refractivity (Wildman–Crippen MR) is 109 cm³/mol. The van der Waals surface area contributed by atoms with E-state index in [0.717, 1.165) is 16.7 Å². The van der Waals surface area contributed by atoms with Gasteiger partial charge in [-0.2, -0.15) is 0 Å². The number of nitrogens with one attached hydrogen (secondary N) is 1. The lowest BCUT2D eigenvalue weighted by Crippen LogP contribution is -2.32. The molecule has 0 amide bonds. The van der Waals surface area contributed by atoms with E-state index in [2.05, 4.69) is 17.5 Å². The van der Waals surface area contributed by atoms with Gasteiger partial charge in [0.2, 0.25) is 0 Å². The van der Waals surface area contributed by atoms with Gasteiger partial charge in [0.05, 0.1) is 13.2 Å². The molecule has 27 heavy (non-hydrogen) atoms. The van der Waals surface area contributed by atoms with E-state index in [0.29, 0.717) is 0 Å². The Morgan fingerprint density at radius 2 is 1.33 bits per heavy atom. The van der Waals surface area contributed by atoms with Crippen LogP contribution in [-0.2, 0) is 9.53 Å². The van der Waals surface area contributed by atoms with Gasteiger partial charge in [0, 0.05) is 0 Å². The maximum atomic E-state index is 12.4. The van der Waals surface area contributed by atoms with E-state index in [1.54, 1.807) is 0 Å². The van der Waals surface area contributed by atoms with Crippen LogP contribution in [0.25, 0.3) is 6.08 Å². The first-order valence-electron chi connectivity index (χ1n) is 8.95. The second-order valence-corrected chi connectivity index (χ2v) is 6.19. The second-order valence-electron chi connectivity index (χ2n) is 6.19. The number of carbonyl (C=O) groups is 1. The summed E-state index contributed by atoms with van der Waals surface area (Å²) in [5, 5.41) is 3.45. The van der Waals surface area contributed by atoms with Crippen LogP contribution in [0.2, 0.25) is 0 Å². The summed E-state index contributed by atoms with van der Waals surface area (Å²) >= 11 is 0. The standard InChI is InChI=1S/C24H23NO2/c1-27-24(26)23(21-15-9-4-10-16-21)25-22(20-13-7-3-8-14-20)18-17-19-11-5-2-6-12-19/h2-18,22-23,25H,1H3/b18-17+/t22-,23-/m1/s1. The fourth-order valence-corrected chi connectivity index (χ4v) is 2.94. The number of hydrogen-bond donors (Lipinski definition) is 1. The number of ether oxygens (including phenoxy) is 1. The van der Waals surface area contributed by atoms with Gasteiger partial charge in [0.1, 0.15) is 6.04 Å². The Morgan fingerprint density at radius 3 is 1.89 bits per heavy atom. The highest BCUT2D eigenvalue weighted by atomic mass is 16.5. The summed E-state index contributed by atoms with van der Waals surface area (Å²) in [6.07, 6.45) is 4.13. The maximum Gasteiger partial charge on any atom is 0.327 e. The Hall–Kier alpha value is -3.17. The van der Waals surface area contributed by atoms with Crippen molar-refractivity contribution in [2.45, 2.75) is 12.1 Å². The molecule has 2 atom stereocenters. The van der Waals surface area contributed by atoms with Gasteiger partial charge in [0.15, 0.2) is 0 Å². The lowest BCUT2D eigenvalue weighted by Gasteiger charge is -2.23. The highest BCUT2D eigenvalue weighted by molar-refractivity contribution is 5.77. The van der Waals surface area contributed by atoms with Crippen LogP contribution in [0.15, 0.2) is 97.1 Å². The molecule has 3 rings (SSSR count). The minimum absolute atomic E-state index is 0.143. The average molecular weight is 357 g/mol. The lowest BCUT2D eigenvalue weighted by molar-refractivity contribution is -0.143. The first-order valence-corrected chi connectivity index (χ1v) is 8.95. The average Bonchev–Trinajstić information content (AvgIpc) is 2.75. The molecule has 0 radical (unpaired) electrons. The fourth-order valence-electron chi connectivity index (χ4n) is 2.94. The normalized spacial score (nSPS) is 13.2. The minimum Gasteiger partial charge on any atom is -0.468 e. The van der Waals surface area contributed by atoms with Gasteiger partial charge in [-0.25, -0.2) is 4.79 Å². The Morgan fingerprint density at radius 1 is 0.815 bits per heavy atom. The molecule has 0 spiro atoms. The van der Waals surface area contributed by atoms with Crippen LogP contribution in [0.1, 0.15) is 28.8 Å². The maximum absolute atomic E-state index is 12.4. The predicted octanol–water partition coefficient (Wildman–Crippen LogP) is 4.95. The molecule has 1 N–H and O–H groups in total. The zero-order valence-electron chi connectivity index (χ0n) is 15.3. The molecule has 3 nitrogen and oxygen atoms in total. The van der Waals surface area contributed by atoms with Crippen molar-refractivity contribution in [2.75, 3.05) is 7.11 Å². The summed E-state index contributed by atoms with van der Waals surface area (Å²) in [7, 11) is 1.41. The molecule has 0 saturated heterocycles. The molecule has 0 unspecified atom stereocenters. The van der Waals surface area contributed by atoms with Crippen LogP contribution in [0.5, 0.6) is 0 Å². The van der Waals surface area contributed by atoms with Gasteiger partial charge in [-0.1, -0.05) is 103 Å².